The van der Waals surface area contributed by atoms with Crippen LogP contribution >= 0.6 is 0 Å². The first-order valence-corrected chi connectivity index (χ1v) is 10.0. The van der Waals surface area contributed by atoms with Gasteiger partial charge in [0.25, 0.3) is 0 Å². The van der Waals surface area contributed by atoms with E-state index in [1.54, 1.807) is 0 Å². The van der Waals surface area contributed by atoms with Crippen molar-refractivity contribution < 1.29 is 9.53 Å². The lowest BCUT2D eigenvalue weighted by Gasteiger charge is -2.13. The number of aromatic nitrogens is 1. The second kappa shape index (κ2) is 8.70. The minimum absolute atomic E-state index is 0.301. The number of carbonyl (C=O) groups is 1. The minimum Gasteiger partial charge on any atom is -0.462 e. The van der Waals surface area contributed by atoms with Gasteiger partial charge in [-0.2, -0.15) is 0 Å². The van der Waals surface area contributed by atoms with Gasteiger partial charge >= 0.3 is 5.97 Å². The molecule has 4 nitrogen and oxygen atoms in total. The van der Waals surface area contributed by atoms with Gasteiger partial charge in [-0.25, -0.2) is 4.79 Å². The summed E-state index contributed by atoms with van der Waals surface area (Å²) < 4.78 is 7.39. The van der Waals surface area contributed by atoms with Crippen LogP contribution in [0.15, 0.2) is 91.0 Å². The van der Waals surface area contributed by atoms with Crippen LogP contribution in [-0.2, 0) is 4.74 Å². The molecule has 0 aliphatic heterocycles. The highest BCUT2D eigenvalue weighted by Gasteiger charge is 2.20. The summed E-state index contributed by atoms with van der Waals surface area (Å²) >= 11 is 0. The number of nitrogens with one attached hydrogen (secondary N) is 1. The molecule has 4 rings (SSSR count). The number of para-hydroxylation sites is 2. The molecule has 1 N–H and O–H groups in total. The molecule has 0 bridgehead atoms. The summed E-state index contributed by atoms with van der Waals surface area (Å²) in [6.07, 6.45) is 0. The summed E-state index contributed by atoms with van der Waals surface area (Å²) in [5.74, 6) is -0.301. The Labute approximate surface area is 176 Å². The molecule has 0 fully saturated rings. The standard InChI is InChI=1S/C26H24N2O2/c1-3-30-26(29)24-18-25(28(19(24)2)23-15-8-5-9-16-23)20-11-10-14-22(17-20)27-21-12-6-4-7-13-21/h4-18,27H,3H2,1-2H3. The SMILES string of the molecule is CCOC(=O)c1cc(-c2cccc(Nc3ccccc3)c2)n(-c2ccccc2)c1C. The van der Waals surface area contributed by atoms with Crippen molar-refractivity contribution in [2.45, 2.75) is 13.8 Å². The Kier molecular flexibility index (Phi) is 5.66. The van der Waals surface area contributed by atoms with Crippen LogP contribution in [0, 0.1) is 6.92 Å². The summed E-state index contributed by atoms with van der Waals surface area (Å²) in [6, 6.07) is 30.2. The zero-order chi connectivity index (χ0) is 20.9. The molecule has 1 heterocycles. The second-order valence-electron chi connectivity index (χ2n) is 6.99. The Morgan fingerprint density at radius 2 is 1.53 bits per heavy atom. The van der Waals surface area contributed by atoms with E-state index in [2.05, 4.69) is 22.0 Å². The van der Waals surface area contributed by atoms with Crippen LogP contribution in [0.4, 0.5) is 11.4 Å². The van der Waals surface area contributed by atoms with E-state index in [1.807, 2.05) is 92.7 Å². The number of ether oxygens (including phenoxy) is 1. The van der Waals surface area contributed by atoms with Crippen molar-refractivity contribution in [3.05, 3.63) is 102 Å². The predicted molar refractivity (Wildman–Crippen MR) is 122 cm³/mol. The van der Waals surface area contributed by atoms with Crippen molar-refractivity contribution >= 4 is 17.3 Å². The van der Waals surface area contributed by atoms with Crippen LogP contribution in [0.2, 0.25) is 0 Å². The number of rotatable bonds is 6. The highest BCUT2D eigenvalue weighted by Crippen LogP contribution is 2.32. The molecule has 150 valence electrons. The molecule has 0 unspecified atom stereocenters. The molecule has 0 aliphatic carbocycles. The number of hydrogen-bond acceptors (Lipinski definition) is 3. The Balaban J connectivity index is 1.81. The highest BCUT2D eigenvalue weighted by atomic mass is 16.5. The quantitative estimate of drug-likeness (QED) is 0.385. The third-order valence-corrected chi connectivity index (χ3v) is 4.98. The average Bonchev–Trinajstić information content (AvgIpc) is 3.13. The van der Waals surface area contributed by atoms with Crippen molar-refractivity contribution in [3.8, 4) is 16.9 Å². The second-order valence-corrected chi connectivity index (χ2v) is 6.99. The molecule has 0 aliphatic rings. The van der Waals surface area contributed by atoms with E-state index in [0.717, 1.165) is 34.0 Å². The van der Waals surface area contributed by atoms with E-state index in [9.17, 15) is 4.79 Å². The molecule has 0 atom stereocenters. The van der Waals surface area contributed by atoms with Crippen molar-refractivity contribution in [2.24, 2.45) is 0 Å². The Morgan fingerprint density at radius 1 is 0.867 bits per heavy atom. The van der Waals surface area contributed by atoms with Gasteiger partial charge in [0, 0.05) is 28.3 Å². The first-order chi connectivity index (χ1) is 14.7. The monoisotopic (exact) mass is 396 g/mol. The summed E-state index contributed by atoms with van der Waals surface area (Å²) in [5.41, 5.74) is 6.40. The fourth-order valence-corrected chi connectivity index (χ4v) is 3.59. The van der Waals surface area contributed by atoms with E-state index < -0.39 is 0 Å². The normalized spacial score (nSPS) is 10.6. The zero-order valence-electron chi connectivity index (χ0n) is 17.1. The third kappa shape index (κ3) is 3.98. The summed E-state index contributed by atoms with van der Waals surface area (Å²) in [4.78, 5) is 12.6. The number of esters is 1. The van der Waals surface area contributed by atoms with Gasteiger partial charge in [-0.15, -0.1) is 0 Å². The zero-order valence-corrected chi connectivity index (χ0v) is 17.1. The molecular weight excluding hydrogens is 372 g/mol. The number of hydrogen-bond donors (Lipinski definition) is 1. The van der Waals surface area contributed by atoms with Crippen molar-refractivity contribution in [1.82, 2.24) is 4.57 Å². The lowest BCUT2D eigenvalue weighted by Crippen LogP contribution is -2.06. The lowest BCUT2D eigenvalue weighted by molar-refractivity contribution is 0.0525. The first kappa shape index (κ1) is 19.5. The number of anilines is 2. The summed E-state index contributed by atoms with van der Waals surface area (Å²) in [5, 5.41) is 3.44. The van der Waals surface area contributed by atoms with Crippen molar-refractivity contribution in [1.29, 1.82) is 0 Å². The van der Waals surface area contributed by atoms with Crippen LogP contribution in [-0.4, -0.2) is 17.1 Å². The van der Waals surface area contributed by atoms with Crippen LogP contribution < -0.4 is 5.32 Å². The number of nitrogens with zero attached hydrogens (tertiary/aromatic N) is 1. The molecule has 0 saturated heterocycles. The Morgan fingerprint density at radius 3 is 2.23 bits per heavy atom. The van der Waals surface area contributed by atoms with Crippen LogP contribution in [0.25, 0.3) is 16.9 Å². The molecule has 4 aromatic rings. The summed E-state index contributed by atoms with van der Waals surface area (Å²) in [7, 11) is 0. The van der Waals surface area contributed by atoms with E-state index in [4.69, 9.17) is 4.74 Å². The molecule has 30 heavy (non-hydrogen) atoms. The van der Waals surface area contributed by atoms with E-state index in [-0.39, 0.29) is 5.97 Å². The smallest absolute Gasteiger partial charge is 0.339 e. The largest absolute Gasteiger partial charge is 0.462 e. The third-order valence-electron chi connectivity index (χ3n) is 4.98. The van der Waals surface area contributed by atoms with E-state index in [1.165, 1.54) is 0 Å². The summed E-state index contributed by atoms with van der Waals surface area (Å²) in [6.45, 7) is 4.12. The molecule has 0 spiro atoms. The average molecular weight is 396 g/mol. The van der Waals surface area contributed by atoms with Crippen molar-refractivity contribution in [2.75, 3.05) is 11.9 Å². The van der Waals surface area contributed by atoms with Crippen LogP contribution in [0.5, 0.6) is 0 Å². The van der Waals surface area contributed by atoms with E-state index >= 15 is 0 Å². The highest BCUT2D eigenvalue weighted by molar-refractivity contribution is 5.93. The van der Waals surface area contributed by atoms with Gasteiger partial charge in [0.15, 0.2) is 0 Å². The predicted octanol–water partition coefficient (Wildman–Crippen LogP) is 6.37. The molecule has 4 heteroatoms. The molecular formula is C26H24N2O2. The molecule has 1 aromatic heterocycles. The van der Waals surface area contributed by atoms with Gasteiger partial charge < -0.3 is 14.6 Å². The maximum absolute atomic E-state index is 12.6. The molecule has 3 aromatic carbocycles. The van der Waals surface area contributed by atoms with Gasteiger partial charge in [-0.05, 0) is 56.3 Å². The van der Waals surface area contributed by atoms with Gasteiger partial charge in [-0.1, -0.05) is 48.5 Å². The minimum atomic E-state index is -0.301. The van der Waals surface area contributed by atoms with Gasteiger partial charge in [0.05, 0.1) is 17.9 Å². The maximum atomic E-state index is 12.6. The molecule has 0 saturated carbocycles. The van der Waals surface area contributed by atoms with E-state index in [0.29, 0.717) is 12.2 Å². The van der Waals surface area contributed by atoms with Crippen LogP contribution in [0.3, 0.4) is 0 Å². The Hall–Kier alpha value is -3.79. The Bertz CT molecular complexity index is 1150. The lowest BCUT2D eigenvalue weighted by atomic mass is 10.1. The van der Waals surface area contributed by atoms with Gasteiger partial charge in [-0.3, -0.25) is 0 Å². The maximum Gasteiger partial charge on any atom is 0.339 e. The molecule has 0 amide bonds. The number of benzene rings is 3. The molecule has 0 radical (unpaired) electrons. The fourth-order valence-electron chi connectivity index (χ4n) is 3.59. The fraction of sp³-hybridized carbons (Fsp3) is 0.115. The first-order valence-electron chi connectivity index (χ1n) is 10.0. The number of carbonyl (C=O) groups excluding carboxylic acids is 1. The van der Waals surface area contributed by atoms with Crippen LogP contribution in [0.1, 0.15) is 23.0 Å². The van der Waals surface area contributed by atoms with Crippen molar-refractivity contribution in [3.63, 3.8) is 0 Å². The van der Waals surface area contributed by atoms with Gasteiger partial charge in [0.2, 0.25) is 0 Å². The topological polar surface area (TPSA) is 43.3 Å². The van der Waals surface area contributed by atoms with Gasteiger partial charge in [0.1, 0.15) is 0 Å².